The van der Waals surface area contributed by atoms with Crippen LogP contribution in [0.15, 0.2) is 42.5 Å². The molecule has 2 rings (SSSR count). The van der Waals surface area contributed by atoms with Gasteiger partial charge in [0.2, 0.25) is 0 Å². The van der Waals surface area contributed by atoms with Crippen molar-refractivity contribution in [2.45, 2.75) is 33.1 Å². The molecule has 0 aliphatic carbocycles. The Labute approximate surface area is 128 Å². The Kier molecular flexibility index (Phi) is 4.61. The minimum atomic E-state index is -4.32. The van der Waals surface area contributed by atoms with Crippen molar-refractivity contribution in [2.24, 2.45) is 5.92 Å². The Balaban J connectivity index is 2.32. The van der Waals surface area contributed by atoms with Crippen LogP contribution in [0.5, 0.6) is 0 Å². The molecule has 0 bridgehead atoms. The molecule has 118 valence electrons. The van der Waals surface area contributed by atoms with E-state index in [0.29, 0.717) is 0 Å². The minimum absolute atomic E-state index is 0.107. The number of aryl methyl sites for hydroxylation is 1. The van der Waals surface area contributed by atoms with Gasteiger partial charge >= 0.3 is 6.18 Å². The molecule has 2 aromatic carbocycles. The molecule has 2 aromatic rings. The van der Waals surface area contributed by atoms with Gasteiger partial charge in [-0.25, -0.2) is 0 Å². The summed E-state index contributed by atoms with van der Waals surface area (Å²) >= 11 is 0. The summed E-state index contributed by atoms with van der Waals surface area (Å²) in [5.41, 5.74) is 2.69. The lowest BCUT2D eigenvalue weighted by Crippen LogP contribution is -2.07. The van der Waals surface area contributed by atoms with E-state index in [4.69, 9.17) is 0 Å². The molecule has 0 aromatic heterocycles. The van der Waals surface area contributed by atoms with Gasteiger partial charge in [-0.05, 0) is 47.2 Å². The fraction of sp³-hybridized carbons (Fsp3) is 0.333. The summed E-state index contributed by atoms with van der Waals surface area (Å²) in [5, 5.41) is 10.1. The number of hydrogen-bond donors (Lipinski definition) is 1. The SMILES string of the molecule is Cc1cc(-c2ccc(C(F)(F)F)cc2)ccc1[C@@H](O)C(C)C. The molecule has 0 aliphatic heterocycles. The molecule has 4 heteroatoms. The van der Waals surface area contributed by atoms with E-state index >= 15 is 0 Å². The molecule has 0 unspecified atom stereocenters. The largest absolute Gasteiger partial charge is 0.416 e. The third kappa shape index (κ3) is 3.50. The minimum Gasteiger partial charge on any atom is -0.388 e. The number of aliphatic hydroxyl groups excluding tert-OH is 1. The van der Waals surface area contributed by atoms with E-state index in [0.717, 1.165) is 34.4 Å². The average Bonchev–Trinajstić information content (AvgIpc) is 2.45. The first-order valence-corrected chi connectivity index (χ1v) is 7.16. The second-order valence-electron chi connectivity index (χ2n) is 5.84. The molecule has 0 amide bonds. The molecular formula is C18H19F3O. The summed E-state index contributed by atoms with van der Waals surface area (Å²) in [6.07, 6.45) is -4.86. The monoisotopic (exact) mass is 308 g/mol. The van der Waals surface area contributed by atoms with Crippen LogP contribution >= 0.6 is 0 Å². The summed E-state index contributed by atoms with van der Waals surface area (Å²) in [7, 11) is 0. The van der Waals surface area contributed by atoms with Crippen molar-refractivity contribution in [1.29, 1.82) is 0 Å². The molecule has 0 radical (unpaired) electrons. The summed E-state index contributed by atoms with van der Waals surface area (Å²) in [6, 6.07) is 10.7. The van der Waals surface area contributed by atoms with E-state index in [1.54, 1.807) is 0 Å². The van der Waals surface area contributed by atoms with Crippen LogP contribution < -0.4 is 0 Å². The zero-order valence-electron chi connectivity index (χ0n) is 12.8. The molecule has 1 nitrogen and oxygen atoms in total. The number of rotatable bonds is 3. The number of hydrogen-bond acceptors (Lipinski definition) is 1. The Bertz CT molecular complexity index is 642. The van der Waals surface area contributed by atoms with Crippen molar-refractivity contribution >= 4 is 0 Å². The second-order valence-corrected chi connectivity index (χ2v) is 5.84. The first-order chi connectivity index (χ1) is 10.2. The van der Waals surface area contributed by atoms with E-state index in [1.165, 1.54) is 12.1 Å². The number of aliphatic hydroxyl groups is 1. The van der Waals surface area contributed by atoms with E-state index in [-0.39, 0.29) is 5.92 Å². The van der Waals surface area contributed by atoms with Gasteiger partial charge in [0.05, 0.1) is 11.7 Å². The summed E-state index contributed by atoms with van der Waals surface area (Å²) in [4.78, 5) is 0. The smallest absolute Gasteiger partial charge is 0.388 e. The number of alkyl halides is 3. The maximum absolute atomic E-state index is 12.6. The van der Waals surface area contributed by atoms with Crippen LogP contribution in [0.3, 0.4) is 0 Å². The fourth-order valence-electron chi connectivity index (χ4n) is 2.40. The highest BCUT2D eigenvalue weighted by molar-refractivity contribution is 5.65. The lowest BCUT2D eigenvalue weighted by Gasteiger charge is -2.18. The van der Waals surface area contributed by atoms with Gasteiger partial charge in [-0.3, -0.25) is 0 Å². The summed E-state index contributed by atoms with van der Waals surface area (Å²) in [5.74, 6) is 0.107. The van der Waals surface area contributed by atoms with Gasteiger partial charge < -0.3 is 5.11 Å². The van der Waals surface area contributed by atoms with E-state index < -0.39 is 17.8 Å². The van der Waals surface area contributed by atoms with Crippen molar-refractivity contribution in [3.8, 4) is 11.1 Å². The van der Waals surface area contributed by atoms with Crippen molar-refractivity contribution in [3.63, 3.8) is 0 Å². The quantitative estimate of drug-likeness (QED) is 0.808. The number of halogens is 3. The van der Waals surface area contributed by atoms with Gasteiger partial charge in [0.25, 0.3) is 0 Å². The highest BCUT2D eigenvalue weighted by Crippen LogP contribution is 2.32. The van der Waals surface area contributed by atoms with Gasteiger partial charge in [0.15, 0.2) is 0 Å². The van der Waals surface area contributed by atoms with Crippen molar-refractivity contribution < 1.29 is 18.3 Å². The average molecular weight is 308 g/mol. The van der Waals surface area contributed by atoms with Crippen LogP contribution in [-0.2, 0) is 6.18 Å². The molecule has 0 heterocycles. The summed E-state index contributed by atoms with van der Waals surface area (Å²) in [6.45, 7) is 5.77. The topological polar surface area (TPSA) is 20.2 Å². The first kappa shape index (κ1) is 16.6. The fourth-order valence-corrected chi connectivity index (χ4v) is 2.40. The molecular weight excluding hydrogens is 289 g/mol. The van der Waals surface area contributed by atoms with Gasteiger partial charge in [0.1, 0.15) is 0 Å². The summed E-state index contributed by atoms with van der Waals surface area (Å²) < 4.78 is 37.7. The Morgan fingerprint density at radius 1 is 0.909 bits per heavy atom. The predicted molar refractivity (Wildman–Crippen MR) is 81.4 cm³/mol. The van der Waals surface area contributed by atoms with Crippen LogP contribution in [0.25, 0.3) is 11.1 Å². The Hall–Kier alpha value is -1.81. The molecule has 22 heavy (non-hydrogen) atoms. The lowest BCUT2D eigenvalue weighted by atomic mass is 9.92. The molecule has 1 atom stereocenters. The predicted octanol–water partition coefficient (Wildman–Crippen LogP) is 5.37. The van der Waals surface area contributed by atoms with Crippen molar-refractivity contribution in [3.05, 3.63) is 59.2 Å². The van der Waals surface area contributed by atoms with Gasteiger partial charge in [-0.15, -0.1) is 0 Å². The zero-order chi connectivity index (χ0) is 16.5. The van der Waals surface area contributed by atoms with Crippen molar-refractivity contribution in [1.82, 2.24) is 0 Å². The molecule has 0 fully saturated rings. The second kappa shape index (κ2) is 6.13. The lowest BCUT2D eigenvalue weighted by molar-refractivity contribution is -0.137. The van der Waals surface area contributed by atoms with Crippen LogP contribution in [-0.4, -0.2) is 5.11 Å². The van der Waals surface area contributed by atoms with Crippen LogP contribution in [0.2, 0.25) is 0 Å². The highest BCUT2D eigenvalue weighted by Gasteiger charge is 2.30. The van der Waals surface area contributed by atoms with Crippen LogP contribution in [0.4, 0.5) is 13.2 Å². The van der Waals surface area contributed by atoms with Crippen molar-refractivity contribution in [2.75, 3.05) is 0 Å². The van der Waals surface area contributed by atoms with E-state index in [9.17, 15) is 18.3 Å². The first-order valence-electron chi connectivity index (χ1n) is 7.16. The molecule has 0 aliphatic rings. The zero-order valence-corrected chi connectivity index (χ0v) is 12.8. The molecule has 0 saturated heterocycles. The van der Waals surface area contributed by atoms with Gasteiger partial charge in [-0.1, -0.05) is 44.2 Å². The van der Waals surface area contributed by atoms with E-state index in [2.05, 4.69) is 0 Å². The highest BCUT2D eigenvalue weighted by atomic mass is 19.4. The maximum Gasteiger partial charge on any atom is 0.416 e. The van der Waals surface area contributed by atoms with E-state index in [1.807, 2.05) is 39.0 Å². The molecule has 0 spiro atoms. The number of benzene rings is 2. The Morgan fingerprint density at radius 3 is 1.91 bits per heavy atom. The standard InChI is InChI=1S/C18H19F3O/c1-11(2)17(22)16-9-6-14(10-12(16)3)13-4-7-15(8-5-13)18(19,20)21/h4-11,17,22H,1-3H3/t17-/m0/s1. The third-order valence-corrected chi connectivity index (χ3v) is 3.77. The maximum atomic E-state index is 12.6. The van der Waals surface area contributed by atoms with Crippen LogP contribution in [0, 0.1) is 12.8 Å². The molecule has 0 saturated carbocycles. The van der Waals surface area contributed by atoms with Crippen LogP contribution in [0.1, 0.15) is 36.6 Å². The van der Waals surface area contributed by atoms with Gasteiger partial charge in [0, 0.05) is 0 Å². The van der Waals surface area contributed by atoms with Gasteiger partial charge in [-0.2, -0.15) is 13.2 Å². The Morgan fingerprint density at radius 2 is 1.45 bits per heavy atom. The third-order valence-electron chi connectivity index (χ3n) is 3.77. The normalized spacial score (nSPS) is 13.5. The molecule has 1 N–H and O–H groups in total.